The number of halogens is 4. The molecule has 9 aromatic rings. The van der Waals surface area contributed by atoms with Gasteiger partial charge in [0, 0.05) is 77.7 Å². The Hall–Kier alpha value is -9.44. The summed E-state index contributed by atoms with van der Waals surface area (Å²) in [5, 5.41) is 39.6. The van der Waals surface area contributed by atoms with Crippen LogP contribution in [0.15, 0.2) is 105 Å². The van der Waals surface area contributed by atoms with Gasteiger partial charge in [-0.2, -0.15) is 0 Å². The topological polar surface area (TPSA) is 295 Å². The van der Waals surface area contributed by atoms with Gasteiger partial charge in [-0.1, -0.05) is 62.0 Å². The van der Waals surface area contributed by atoms with Crippen LogP contribution in [-0.4, -0.2) is 101 Å². The number of ether oxygens (including phenoxy) is 6. The Morgan fingerprint density at radius 2 is 0.774 bits per heavy atom. The summed E-state index contributed by atoms with van der Waals surface area (Å²) in [5.41, 5.74) is 6.77. The molecule has 106 heavy (non-hydrogen) atoms. The molecule has 22 nitrogen and oxygen atoms in total. The zero-order valence-corrected chi connectivity index (χ0v) is 62.7. The summed E-state index contributed by atoms with van der Waals surface area (Å²) in [6, 6.07) is 25.2. The van der Waals surface area contributed by atoms with E-state index in [1.54, 1.807) is 155 Å². The fourth-order valence-corrected chi connectivity index (χ4v) is 13.9. The lowest BCUT2D eigenvalue weighted by atomic mass is 9.87. The highest BCUT2D eigenvalue weighted by atomic mass is 35.5. The van der Waals surface area contributed by atoms with Gasteiger partial charge in [-0.25, -0.2) is 34.4 Å². The van der Waals surface area contributed by atoms with Gasteiger partial charge in [0.25, 0.3) is 28.5 Å². The van der Waals surface area contributed by atoms with E-state index in [-0.39, 0.29) is 70.8 Å². The van der Waals surface area contributed by atoms with Crippen molar-refractivity contribution in [2.24, 2.45) is 27.0 Å². The largest absolute Gasteiger partial charge is 0.490 e. The monoisotopic (exact) mass is 1490 g/mol. The molecule has 0 bridgehead atoms. The number of pyridine rings is 3. The van der Waals surface area contributed by atoms with E-state index in [9.17, 15) is 44.3 Å². The molecule has 3 aliphatic rings. The molecule has 6 heterocycles. The number of hydroxylamine groups is 3. The summed E-state index contributed by atoms with van der Waals surface area (Å²) in [7, 11) is 5.85. The second kappa shape index (κ2) is 33.6. The number of aromatic nitrogens is 3. The maximum absolute atomic E-state index is 15.3. The Morgan fingerprint density at radius 3 is 1.05 bits per heavy atom. The number of nitrogens with two attached hydrogens (primary N) is 1. The van der Waals surface area contributed by atoms with Gasteiger partial charge in [-0.3, -0.25) is 34.4 Å². The highest BCUT2D eigenvalue weighted by molar-refractivity contribution is 6.03. The minimum atomic E-state index is -1.43. The molecular weight excluding hydrogens is 1390 g/mol. The number of likely N-dealkylation sites (N-methyl/N-ethyl adjacent to an activating group) is 1. The smallest absolute Gasteiger partial charge is 0.339 e. The molecule has 0 unspecified atom stereocenters. The quantitative estimate of drug-likeness (QED) is 0.0489. The van der Waals surface area contributed by atoms with E-state index in [1.165, 1.54) is 46.0 Å². The Bertz CT molecular complexity index is 5030. The van der Waals surface area contributed by atoms with Crippen LogP contribution < -0.4 is 42.3 Å². The van der Waals surface area contributed by atoms with E-state index in [0.29, 0.717) is 110 Å². The SMILES string of the molecule is C.Cc1c(-c2c([C@H](OC(C)(C)C)C(=O)N(C)O)n(C)c(=O)c3ccccc23)cc(F)c2c1CCCO2.Cc1c(-c2c([C@H](OC(C)(C)C)C(=O)NO)n(C)c(=O)c3ccccc23)cc(F)c2c1CCCO2.Cc1c(-c2c([C@H](OC(C)(C)C)C(=O)O)n(C)c(=O)c3ccccc23)cc(F)c2c1CCCO2.Cl.NO. The fraction of sp³-hybridized carbons (Fsp3) is 0.400. The molecule has 2 amide bonds. The zero-order chi connectivity index (χ0) is 76.5. The molecule has 6 aromatic carbocycles. The second-order valence-electron chi connectivity index (χ2n) is 28.9. The van der Waals surface area contributed by atoms with Gasteiger partial charge in [-0.15, -0.1) is 12.4 Å². The van der Waals surface area contributed by atoms with Crippen molar-refractivity contribution in [1.82, 2.24) is 24.2 Å². The van der Waals surface area contributed by atoms with Gasteiger partial charge in [0.1, 0.15) is 0 Å². The zero-order valence-electron chi connectivity index (χ0n) is 61.9. The molecule has 570 valence electrons. The molecule has 3 aromatic heterocycles. The van der Waals surface area contributed by atoms with Gasteiger partial charge in [0.15, 0.2) is 53.0 Å². The number of amides is 2. The third kappa shape index (κ3) is 16.9. The van der Waals surface area contributed by atoms with Gasteiger partial charge >= 0.3 is 5.97 Å². The van der Waals surface area contributed by atoms with Gasteiger partial charge in [-0.05, 0) is 208 Å². The third-order valence-corrected chi connectivity index (χ3v) is 18.4. The van der Waals surface area contributed by atoms with Crippen LogP contribution in [0.4, 0.5) is 13.2 Å². The maximum atomic E-state index is 15.3. The first-order valence-electron chi connectivity index (χ1n) is 34.1. The summed E-state index contributed by atoms with van der Waals surface area (Å²) in [6.45, 7) is 22.9. The van der Waals surface area contributed by atoms with Gasteiger partial charge in [0.05, 0.1) is 53.7 Å². The van der Waals surface area contributed by atoms with Crippen LogP contribution >= 0.6 is 12.4 Å². The number of fused-ring (bicyclic) bond motifs is 6. The average Bonchev–Trinajstić information content (AvgIpc) is 0.744. The van der Waals surface area contributed by atoms with Crippen molar-refractivity contribution >= 4 is 62.5 Å². The molecule has 0 fully saturated rings. The van der Waals surface area contributed by atoms with Crippen molar-refractivity contribution in [3.8, 4) is 50.6 Å². The molecular formula is C80H96ClF3N6O16. The van der Waals surface area contributed by atoms with E-state index in [0.717, 1.165) is 52.6 Å². The summed E-state index contributed by atoms with van der Waals surface area (Å²) >= 11 is 0. The molecule has 26 heteroatoms. The summed E-state index contributed by atoms with van der Waals surface area (Å²) in [4.78, 5) is 78.5. The van der Waals surface area contributed by atoms with Gasteiger partial charge < -0.3 is 52.4 Å². The highest BCUT2D eigenvalue weighted by Gasteiger charge is 2.39. The first-order chi connectivity index (χ1) is 49.0. The number of carbonyl (C=O) groups excluding carboxylic acids is 2. The second-order valence-corrected chi connectivity index (χ2v) is 28.9. The van der Waals surface area contributed by atoms with Crippen LogP contribution in [-0.2, 0) is 69.0 Å². The van der Waals surface area contributed by atoms with Crippen LogP contribution in [0.3, 0.4) is 0 Å². The van der Waals surface area contributed by atoms with Crippen molar-refractivity contribution in [3.05, 3.63) is 190 Å². The lowest BCUT2D eigenvalue weighted by Gasteiger charge is -2.31. The van der Waals surface area contributed by atoms with E-state index in [1.807, 2.05) is 20.8 Å². The van der Waals surface area contributed by atoms with E-state index >= 15 is 13.2 Å². The summed E-state index contributed by atoms with van der Waals surface area (Å²) in [6.07, 6.45) is 0.177. The lowest BCUT2D eigenvalue weighted by Crippen LogP contribution is -2.38. The standard InChI is InChI=1S/C27H31FN2O5.C26H29FN2O5.C26H28FNO5.CH4.ClH.H3NO/c1-15-16-12-9-13-34-23(16)20(28)14-19(15)21-17-10-7-8-11-18(17)25(31)29(5)22(21)24(26(32)30(6)33)35-27(2,3)4;1-14-15-11-8-12-33-22(15)19(27)13-18(14)20-16-9-6-7-10-17(16)25(31)29(5)21(20)23(24(30)28-32)34-26(2,3)4;1-14-15-11-8-12-32-22(15)19(27)13-18(14)20-16-9-6-7-10-17(16)24(29)28(5)21(20)23(25(30)31)33-26(2,3)4;;;1-2/h7-8,10-11,14,24,33H,9,12-13H2,1-6H3;6-7,9-10,13,23,32H,8,11-12H2,1-5H3,(H,28,30);6-7,9-10,13,23H,8,11-12H2,1-5H3,(H,30,31);1H4;1H;2H,1H2/t24-;2*23-;;;/m000.../s1. The van der Waals surface area contributed by atoms with Crippen LogP contribution in [0.2, 0.25) is 0 Å². The number of hydrogen-bond donors (Lipinski definition) is 6. The molecule has 3 atom stereocenters. The molecule has 0 aliphatic carbocycles. The minimum absolute atomic E-state index is 0. The minimum Gasteiger partial charge on any atom is -0.490 e. The average molecular weight is 1490 g/mol. The fourth-order valence-electron chi connectivity index (χ4n) is 13.9. The maximum Gasteiger partial charge on any atom is 0.339 e. The number of aliphatic carboxylic acids is 1. The van der Waals surface area contributed by atoms with Gasteiger partial charge in [0.2, 0.25) is 0 Å². The van der Waals surface area contributed by atoms with Crippen molar-refractivity contribution in [1.29, 1.82) is 0 Å². The summed E-state index contributed by atoms with van der Waals surface area (Å²) in [5.74, 6) is -0.0536. The van der Waals surface area contributed by atoms with E-state index in [4.69, 9.17) is 33.6 Å². The number of nitrogens with one attached hydrogen (secondary N) is 1. The molecule has 7 N–H and O–H groups in total. The number of rotatable bonds is 12. The number of carboxylic acid groups (broad SMARTS) is 1. The van der Waals surface area contributed by atoms with Crippen molar-refractivity contribution in [2.45, 2.75) is 164 Å². The van der Waals surface area contributed by atoms with E-state index < -0.39 is 70.4 Å². The molecule has 0 saturated heterocycles. The predicted octanol–water partition coefficient (Wildman–Crippen LogP) is 14.3. The van der Waals surface area contributed by atoms with Crippen LogP contribution in [0.5, 0.6) is 17.2 Å². The third-order valence-electron chi connectivity index (χ3n) is 18.4. The molecule has 3 aliphatic heterocycles. The Kier molecular flexibility index (Phi) is 26.5. The molecule has 0 spiro atoms. The number of nitrogens with zero attached hydrogens (tertiary/aromatic N) is 4. The van der Waals surface area contributed by atoms with Crippen LogP contribution in [0, 0.1) is 38.2 Å². The number of carboxylic acids is 1. The van der Waals surface area contributed by atoms with Crippen LogP contribution in [0.1, 0.15) is 158 Å². The van der Waals surface area contributed by atoms with E-state index in [2.05, 4.69) is 5.90 Å². The Morgan fingerprint density at radius 1 is 0.509 bits per heavy atom. The lowest BCUT2D eigenvalue weighted by molar-refractivity contribution is -0.181. The Labute approximate surface area is 619 Å². The number of benzene rings is 6. The molecule has 0 saturated carbocycles. The first-order valence-corrected chi connectivity index (χ1v) is 34.1. The number of carbonyl (C=O) groups is 3. The summed E-state index contributed by atoms with van der Waals surface area (Å²) < 4.78 is 84.8. The Balaban J connectivity index is 0.000000217. The van der Waals surface area contributed by atoms with Crippen molar-refractivity contribution in [2.75, 3.05) is 26.9 Å². The first kappa shape index (κ1) is 83.8. The predicted molar refractivity (Wildman–Crippen MR) is 402 cm³/mol. The van der Waals surface area contributed by atoms with Crippen molar-refractivity contribution in [3.63, 3.8) is 0 Å². The highest BCUT2D eigenvalue weighted by Crippen LogP contribution is 2.47. The van der Waals surface area contributed by atoms with Crippen LogP contribution in [0.25, 0.3) is 65.7 Å². The molecule has 0 radical (unpaired) electrons. The molecule has 12 rings (SSSR count). The number of hydrogen-bond acceptors (Lipinski definition) is 16. The normalized spacial score (nSPS) is 14.0. The van der Waals surface area contributed by atoms with Crippen molar-refractivity contribution < 1.29 is 76.7 Å².